The van der Waals surface area contributed by atoms with Crippen LogP contribution < -0.4 is 0 Å². The highest BCUT2D eigenvalue weighted by Gasteiger charge is 2.60. The molecule has 1 heterocycles. The molecule has 0 aromatic carbocycles. The smallest absolute Gasteiger partial charge is 0.192 e. The maximum Gasteiger partial charge on any atom is 0.192 e. The average Bonchev–Trinajstić information content (AvgIpc) is 3.18. The van der Waals surface area contributed by atoms with Crippen molar-refractivity contribution in [3.63, 3.8) is 0 Å². The monoisotopic (exact) mass is 386 g/mol. The normalized spacial score (nSPS) is 33.8. The summed E-state index contributed by atoms with van der Waals surface area (Å²) in [7, 11) is -3.81. The minimum Gasteiger partial charge on any atom is -0.411 e. The Morgan fingerprint density at radius 3 is 1.80 bits per heavy atom. The van der Waals surface area contributed by atoms with E-state index < -0.39 is 16.6 Å². The Labute approximate surface area is 156 Å². The van der Waals surface area contributed by atoms with Crippen LogP contribution in [0.4, 0.5) is 0 Å². The number of hydrogen-bond acceptors (Lipinski definition) is 4. The summed E-state index contributed by atoms with van der Waals surface area (Å²) in [5.41, 5.74) is 0. The SMILES string of the molecule is CC(C)(C)[Si](C)(C)O[C@@H]1[C@H]2O[C@H]2[C@H](O[Si](C)(C)C(C)(C)C)C[C@H]1C=O. The summed E-state index contributed by atoms with van der Waals surface area (Å²) in [5, 5.41) is 0.280. The van der Waals surface area contributed by atoms with Crippen LogP contribution in [0.2, 0.25) is 36.3 Å². The molecule has 0 unspecified atom stereocenters. The molecule has 4 nitrogen and oxygen atoms in total. The Hall–Kier alpha value is -0.0162. The number of aldehydes is 1. The fraction of sp³-hybridized carbons (Fsp3) is 0.947. The van der Waals surface area contributed by atoms with E-state index >= 15 is 0 Å². The van der Waals surface area contributed by atoms with Gasteiger partial charge in [-0.3, -0.25) is 0 Å². The van der Waals surface area contributed by atoms with Gasteiger partial charge in [-0.15, -0.1) is 0 Å². The fourth-order valence-corrected chi connectivity index (χ4v) is 5.64. The van der Waals surface area contributed by atoms with Crippen molar-refractivity contribution in [3.05, 3.63) is 0 Å². The molecule has 2 aliphatic rings. The Balaban J connectivity index is 2.11. The van der Waals surface area contributed by atoms with Gasteiger partial charge in [0.05, 0.1) is 12.2 Å². The molecule has 1 saturated heterocycles. The van der Waals surface area contributed by atoms with E-state index in [0.29, 0.717) is 0 Å². The van der Waals surface area contributed by atoms with Gasteiger partial charge < -0.3 is 18.4 Å². The Morgan fingerprint density at radius 1 is 0.880 bits per heavy atom. The van der Waals surface area contributed by atoms with Gasteiger partial charge in [-0.2, -0.15) is 0 Å². The van der Waals surface area contributed by atoms with Crippen molar-refractivity contribution >= 4 is 22.9 Å². The van der Waals surface area contributed by atoms with E-state index in [1.54, 1.807) is 0 Å². The molecule has 146 valence electrons. The molecule has 1 aliphatic heterocycles. The van der Waals surface area contributed by atoms with Crippen molar-refractivity contribution in [3.8, 4) is 0 Å². The lowest BCUT2D eigenvalue weighted by molar-refractivity contribution is -0.116. The molecule has 0 spiro atoms. The van der Waals surface area contributed by atoms with Gasteiger partial charge in [0.15, 0.2) is 16.6 Å². The minimum absolute atomic E-state index is 0.0212. The van der Waals surface area contributed by atoms with E-state index in [2.05, 4.69) is 67.7 Å². The highest BCUT2D eigenvalue weighted by atomic mass is 28.4. The van der Waals surface area contributed by atoms with E-state index in [4.69, 9.17) is 13.6 Å². The second-order valence-corrected chi connectivity index (χ2v) is 20.4. The van der Waals surface area contributed by atoms with Crippen molar-refractivity contribution < 1.29 is 18.4 Å². The molecule has 0 amide bonds. The Kier molecular flexibility index (Phi) is 5.58. The Morgan fingerprint density at radius 2 is 1.36 bits per heavy atom. The molecule has 1 aliphatic carbocycles. The molecule has 0 bridgehead atoms. The van der Waals surface area contributed by atoms with Crippen LogP contribution in [0.3, 0.4) is 0 Å². The first kappa shape index (κ1) is 21.3. The highest BCUT2D eigenvalue weighted by Crippen LogP contribution is 2.48. The molecule has 2 fully saturated rings. The van der Waals surface area contributed by atoms with E-state index in [9.17, 15) is 4.79 Å². The lowest BCUT2D eigenvalue weighted by Gasteiger charge is -2.44. The fourth-order valence-electron chi connectivity index (χ4n) is 2.95. The van der Waals surface area contributed by atoms with Crippen LogP contribution in [0.15, 0.2) is 0 Å². The standard InChI is InChI=1S/C19H38O4Si2/c1-18(2,3)24(7,8)22-14-11-13(12-20)15(17-16(14)21-17)23-25(9,10)19(4,5)6/h12-17H,11H2,1-10H3/t13-,14+,15-,16-,17+/m0/s1. The highest BCUT2D eigenvalue weighted by molar-refractivity contribution is 6.74. The molecule has 1 saturated carbocycles. The number of carbonyl (C=O) groups excluding carboxylic acids is 1. The third-order valence-corrected chi connectivity index (χ3v) is 15.8. The molecule has 25 heavy (non-hydrogen) atoms. The maximum absolute atomic E-state index is 11.8. The zero-order valence-electron chi connectivity index (χ0n) is 17.8. The molecule has 0 radical (unpaired) electrons. The third-order valence-electron chi connectivity index (χ3n) is 6.84. The Bertz CT molecular complexity index is 505. The first-order chi connectivity index (χ1) is 11.1. The van der Waals surface area contributed by atoms with Crippen LogP contribution in [0, 0.1) is 5.92 Å². The summed E-state index contributed by atoms with van der Waals surface area (Å²) in [6.45, 7) is 22.4. The number of hydrogen-bond donors (Lipinski definition) is 0. The predicted molar refractivity (Wildman–Crippen MR) is 107 cm³/mol. The molecule has 6 heteroatoms. The summed E-state index contributed by atoms with van der Waals surface area (Å²) in [4.78, 5) is 11.8. The third kappa shape index (κ3) is 4.29. The average molecular weight is 387 g/mol. The van der Waals surface area contributed by atoms with Crippen molar-refractivity contribution in [1.82, 2.24) is 0 Å². The van der Waals surface area contributed by atoms with Gasteiger partial charge in [0.25, 0.3) is 0 Å². The molecule has 5 atom stereocenters. The van der Waals surface area contributed by atoms with Gasteiger partial charge in [-0.05, 0) is 42.7 Å². The van der Waals surface area contributed by atoms with Crippen molar-refractivity contribution in [2.24, 2.45) is 5.92 Å². The summed E-state index contributed by atoms with van der Waals surface area (Å²) >= 11 is 0. The number of rotatable bonds is 5. The van der Waals surface area contributed by atoms with Gasteiger partial charge in [0.2, 0.25) is 0 Å². The first-order valence-electron chi connectivity index (χ1n) is 9.57. The molecule has 0 N–H and O–H groups in total. The van der Waals surface area contributed by atoms with Crippen LogP contribution in [0.1, 0.15) is 48.0 Å². The van der Waals surface area contributed by atoms with Gasteiger partial charge >= 0.3 is 0 Å². The molecular weight excluding hydrogens is 348 g/mol. The van der Waals surface area contributed by atoms with Crippen LogP contribution in [-0.4, -0.2) is 47.3 Å². The second-order valence-electron chi connectivity index (χ2n) is 10.9. The summed E-state index contributed by atoms with van der Waals surface area (Å²) in [6, 6.07) is 0. The number of carbonyl (C=O) groups is 1. The van der Waals surface area contributed by atoms with Crippen LogP contribution in [0.5, 0.6) is 0 Å². The summed E-state index contributed by atoms with van der Waals surface area (Å²) < 4.78 is 19.2. The number of ether oxygens (including phenoxy) is 1. The van der Waals surface area contributed by atoms with E-state index in [1.165, 1.54) is 0 Å². The lowest BCUT2D eigenvalue weighted by Crippen LogP contribution is -2.53. The van der Waals surface area contributed by atoms with Gasteiger partial charge in [0, 0.05) is 5.92 Å². The van der Waals surface area contributed by atoms with Gasteiger partial charge in [-0.25, -0.2) is 0 Å². The van der Waals surface area contributed by atoms with E-state index in [0.717, 1.165) is 12.7 Å². The van der Waals surface area contributed by atoms with E-state index in [-0.39, 0.29) is 40.4 Å². The minimum atomic E-state index is -1.94. The van der Waals surface area contributed by atoms with Crippen molar-refractivity contribution in [1.29, 1.82) is 0 Å². The first-order valence-corrected chi connectivity index (χ1v) is 15.4. The zero-order valence-corrected chi connectivity index (χ0v) is 19.8. The lowest BCUT2D eigenvalue weighted by atomic mass is 9.86. The zero-order chi connectivity index (χ0) is 19.4. The van der Waals surface area contributed by atoms with Crippen LogP contribution in [-0.2, 0) is 18.4 Å². The topological polar surface area (TPSA) is 48.1 Å². The predicted octanol–water partition coefficient (Wildman–Crippen LogP) is 4.75. The van der Waals surface area contributed by atoms with Gasteiger partial charge in [0.1, 0.15) is 18.5 Å². The van der Waals surface area contributed by atoms with E-state index in [1.807, 2.05) is 0 Å². The summed E-state index contributed by atoms with van der Waals surface area (Å²) in [6.07, 6.45) is 1.82. The number of fused-ring (bicyclic) bond motifs is 1. The molecular formula is C19H38O4Si2. The molecule has 0 aromatic heterocycles. The maximum atomic E-state index is 11.8. The van der Waals surface area contributed by atoms with Crippen LogP contribution >= 0.6 is 0 Å². The molecule has 0 aromatic rings. The summed E-state index contributed by atoms with van der Waals surface area (Å²) in [5.74, 6) is -0.132. The van der Waals surface area contributed by atoms with Crippen LogP contribution in [0.25, 0.3) is 0 Å². The second kappa shape index (κ2) is 6.55. The molecule has 2 rings (SSSR count). The number of epoxide rings is 1. The largest absolute Gasteiger partial charge is 0.411 e. The van der Waals surface area contributed by atoms with Crippen molar-refractivity contribution in [2.75, 3.05) is 0 Å². The van der Waals surface area contributed by atoms with Gasteiger partial charge in [-0.1, -0.05) is 41.5 Å². The quantitative estimate of drug-likeness (QED) is 0.388. The van der Waals surface area contributed by atoms with Crippen molar-refractivity contribution in [2.45, 2.75) is 109 Å².